The number of rotatable bonds is 3. The SMILES string of the molecule is O=C(NCc1ccco1)c1ccc2c(=O)n3c(nc2c1)CCC3. The number of aromatic nitrogens is 2. The molecule has 1 aliphatic rings. The number of benzene rings is 1. The van der Waals surface area contributed by atoms with Crippen LogP contribution in [0.3, 0.4) is 0 Å². The molecule has 0 saturated heterocycles. The second-order valence-electron chi connectivity index (χ2n) is 5.58. The lowest BCUT2D eigenvalue weighted by molar-refractivity contribution is 0.0948. The predicted octanol–water partition coefficient (Wildman–Crippen LogP) is 1.87. The Balaban J connectivity index is 1.65. The zero-order chi connectivity index (χ0) is 15.8. The average Bonchev–Trinajstić information content (AvgIpc) is 3.23. The molecule has 0 spiro atoms. The van der Waals surface area contributed by atoms with E-state index in [-0.39, 0.29) is 11.5 Å². The third-order valence-electron chi connectivity index (χ3n) is 4.08. The Bertz CT molecular complexity index is 942. The van der Waals surface area contributed by atoms with Gasteiger partial charge in [-0.25, -0.2) is 4.98 Å². The molecule has 0 bridgehead atoms. The summed E-state index contributed by atoms with van der Waals surface area (Å²) in [5, 5.41) is 3.34. The second-order valence-corrected chi connectivity index (χ2v) is 5.58. The Labute approximate surface area is 131 Å². The number of furan rings is 1. The summed E-state index contributed by atoms with van der Waals surface area (Å²) in [6.07, 6.45) is 3.31. The average molecular weight is 309 g/mol. The zero-order valence-electron chi connectivity index (χ0n) is 12.4. The van der Waals surface area contributed by atoms with Gasteiger partial charge < -0.3 is 9.73 Å². The minimum atomic E-state index is -0.217. The highest BCUT2D eigenvalue weighted by Crippen LogP contribution is 2.16. The summed E-state index contributed by atoms with van der Waals surface area (Å²) >= 11 is 0. The van der Waals surface area contributed by atoms with Gasteiger partial charge in [0.15, 0.2) is 0 Å². The first kappa shape index (κ1) is 13.8. The fraction of sp³-hybridized carbons (Fsp3) is 0.235. The minimum absolute atomic E-state index is 0.0231. The van der Waals surface area contributed by atoms with Crippen LogP contribution in [-0.2, 0) is 19.5 Å². The molecule has 0 radical (unpaired) electrons. The molecular formula is C17H15N3O3. The van der Waals surface area contributed by atoms with Gasteiger partial charge in [0, 0.05) is 18.5 Å². The maximum Gasteiger partial charge on any atom is 0.261 e. The van der Waals surface area contributed by atoms with Gasteiger partial charge in [-0.2, -0.15) is 0 Å². The quantitative estimate of drug-likeness (QED) is 0.801. The van der Waals surface area contributed by atoms with Crippen molar-refractivity contribution >= 4 is 16.8 Å². The highest BCUT2D eigenvalue weighted by molar-refractivity contribution is 5.97. The minimum Gasteiger partial charge on any atom is -0.467 e. The standard InChI is InChI=1S/C17H15N3O3/c21-16(18-10-12-3-2-8-23-12)11-5-6-13-14(9-11)19-15-4-1-7-20(15)17(13)22/h2-3,5-6,8-9H,1,4,7,10H2,(H,18,21). The van der Waals surface area contributed by atoms with Crippen LogP contribution >= 0.6 is 0 Å². The molecule has 0 saturated carbocycles. The first-order valence-corrected chi connectivity index (χ1v) is 7.56. The van der Waals surface area contributed by atoms with E-state index in [9.17, 15) is 9.59 Å². The van der Waals surface area contributed by atoms with Crippen LogP contribution < -0.4 is 10.9 Å². The largest absolute Gasteiger partial charge is 0.467 e. The molecular weight excluding hydrogens is 294 g/mol. The predicted molar refractivity (Wildman–Crippen MR) is 84.2 cm³/mol. The first-order valence-electron chi connectivity index (χ1n) is 7.56. The maximum absolute atomic E-state index is 12.4. The van der Waals surface area contributed by atoms with Crippen LogP contribution in [0.15, 0.2) is 45.8 Å². The highest BCUT2D eigenvalue weighted by atomic mass is 16.3. The number of carbonyl (C=O) groups excluding carboxylic acids is 1. The van der Waals surface area contributed by atoms with Crippen molar-refractivity contribution in [1.29, 1.82) is 0 Å². The van der Waals surface area contributed by atoms with Crippen molar-refractivity contribution in [3.63, 3.8) is 0 Å². The highest BCUT2D eigenvalue weighted by Gasteiger charge is 2.17. The molecule has 0 aliphatic carbocycles. The number of hydrogen-bond acceptors (Lipinski definition) is 4. The first-order chi connectivity index (χ1) is 11.2. The van der Waals surface area contributed by atoms with Gasteiger partial charge >= 0.3 is 0 Å². The summed E-state index contributed by atoms with van der Waals surface area (Å²) < 4.78 is 6.91. The van der Waals surface area contributed by atoms with Crippen LogP contribution in [0.2, 0.25) is 0 Å². The van der Waals surface area contributed by atoms with Gasteiger partial charge in [0.2, 0.25) is 0 Å². The van der Waals surface area contributed by atoms with Gasteiger partial charge in [-0.1, -0.05) is 0 Å². The lowest BCUT2D eigenvalue weighted by Crippen LogP contribution is -2.24. The van der Waals surface area contributed by atoms with Crippen LogP contribution in [0.1, 0.15) is 28.4 Å². The molecule has 0 unspecified atom stereocenters. The van der Waals surface area contributed by atoms with Crippen molar-refractivity contribution in [3.8, 4) is 0 Å². The van der Waals surface area contributed by atoms with Gasteiger partial charge in [-0.3, -0.25) is 14.2 Å². The van der Waals surface area contributed by atoms with E-state index in [0.717, 1.165) is 25.2 Å². The topological polar surface area (TPSA) is 77.1 Å². The maximum atomic E-state index is 12.4. The molecule has 0 atom stereocenters. The lowest BCUT2D eigenvalue weighted by Gasteiger charge is -2.07. The number of amides is 1. The normalized spacial score (nSPS) is 13.2. The van der Waals surface area contributed by atoms with E-state index in [2.05, 4.69) is 10.3 Å². The van der Waals surface area contributed by atoms with E-state index in [4.69, 9.17) is 4.42 Å². The molecule has 1 N–H and O–H groups in total. The number of carbonyl (C=O) groups is 1. The summed E-state index contributed by atoms with van der Waals surface area (Å²) in [5.41, 5.74) is 1.04. The van der Waals surface area contributed by atoms with E-state index in [1.54, 1.807) is 41.2 Å². The summed E-state index contributed by atoms with van der Waals surface area (Å²) in [4.78, 5) is 29.2. The van der Waals surface area contributed by atoms with E-state index in [0.29, 0.717) is 28.8 Å². The Hall–Kier alpha value is -2.89. The van der Waals surface area contributed by atoms with Crippen LogP contribution in [0.4, 0.5) is 0 Å². The van der Waals surface area contributed by atoms with E-state index >= 15 is 0 Å². The van der Waals surface area contributed by atoms with E-state index in [1.807, 2.05) is 0 Å². The number of aryl methyl sites for hydroxylation is 1. The summed E-state index contributed by atoms with van der Waals surface area (Å²) in [6, 6.07) is 8.58. The summed E-state index contributed by atoms with van der Waals surface area (Å²) in [6.45, 7) is 1.05. The van der Waals surface area contributed by atoms with Crippen molar-refractivity contribution in [3.05, 3.63) is 64.1 Å². The molecule has 3 aromatic rings. The fourth-order valence-electron chi connectivity index (χ4n) is 2.91. The third kappa shape index (κ3) is 2.42. The molecule has 23 heavy (non-hydrogen) atoms. The number of fused-ring (bicyclic) bond motifs is 2. The smallest absolute Gasteiger partial charge is 0.261 e. The number of nitrogens with zero attached hydrogens (tertiary/aromatic N) is 2. The molecule has 3 heterocycles. The molecule has 116 valence electrons. The molecule has 4 rings (SSSR count). The Morgan fingerprint density at radius 1 is 1.35 bits per heavy atom. The monoisotopic (exact) mass is 309 g/mol. The molecule has 6 nitrogen and oxygen atoms in total. The van der Waals surface area contributed by atoms with Crippen molar-refractivity contribution in [1.82, 2.24) is 14.9 Å². The van der Waals surface area contributed by atoms with Crippen LogP contribution in [-0.4, -0.2) is 15.5 Å². The molecule has 0 fully saturated rings. The van der Waals surface area contributed by atoms with Crippen molar-refractivity contribution in [2.45, 2.75) is 25.9 Å². The van der Waals surface area contributed by atoms with Gasteiger partial charge in [-0.05, 0) is 36.8 Å². The van der Waals surface area contributed by atoms with Crippen LogP contribution in [0, 0.1) is 0 Å². The number of nitrogens with one attached hydrogen (secondary N) is 1. The van der Waals surface area contributed by atoms with Crippen molar-refractivity contribution in [2.24, 2.45) is 0 Å². The second kappa shape index (κ2) is 5.39. The Kier molecular flexibility index (Phi) is 3.22. The molecule has 6 heteroatoms. The van der Waals surface area contributed by atoms with Gasteiger partial charge in [-0.15, -0.1) is 0 Å². The van der Waals surface area contributed by atoms with E-state index in [1.165, 1.54) is 0 Å². The van der Waals surface area contributed by atoms with Gasteiger partial charge in [0.05, 0.1) is 23.7 Å². The summed E-state index contributed by atoms with van der Waals surface area (Å²) in [5.74, 6) is 1.27. The molecule has 2 aromatic heterocycles. The Morgan fingerprint density at radius 2 is 2.26 bits per heavy atom. The molecule has 1 aliphatic heterocycles. The van der Waals surface area contributed by atoms with Gasteiger partial charge in [0.25, 0.3) is 11.5 Å². The third-order valence-corrected chi connectivity index (χ3v) is 4.08. The van der Waals surface area contributed by atoms with Crippen LogP contribution in [0.5, 0.6) is 0 Å². The Morgan fingerprint density at radius 3 is 3.09 bits per heavy atom. The van der Waals surface area contributed by atoms with Crippen LogP contribution in [0.25, 0.3) is 10.9 Å². The van der Waals surface area contributed by atoms with Gasteiger partial charge in [0.1, 0.15) is 11.6 Å². The molecule has 1 aromatic carbocycles. The van der Waals surface area contributed by atoms with Crippen molar-refractivity contribution < 1.29 is 9.21 Å². The summed E-state index contributed by atoms with van der Waals surface area (Å²) in [7, 11) is 0. The lowest BCUT2D eigenvalue weighted by atomic mass is 10.1. The molecule has 1 amide bonds. The van der Waals surface area contributed by atoms with Crippen molar-refractivity contribution in [2.75, 3.05) is 0 Å². The number of hydrogen-bond donors (Lipinski definition) is 1. The zero-order valence-corrected chi connectivity index (χ0v) is 12.4. The van der Waals surface area contributed by atoms with E-state index < -0.39 is 0 Å². The fourth-order valence-corrected chi connectivity index (χ4v) is 2.91.